The molecule has 0 aliphatic heterocycles. The lowest BCUT2D eigenvalue weighted by Crippen LogP contribution is -2.25. The molecular formula is C44H47NO2. The van der Waals surface area contributed by atoms with Gasteiger partial charge in [-0.25, -0.2) is 0 Å². The van der Waals surface area contributed by atoms with E-state index in [1.54, 1.807) is 0 Å². The summed E-state index contributed by atoms with van der Waals surface area (Å²) < 4.78 is 0. The van der Waals surface area contributed by atoms with Crippen molar-refractivity contribution in [3.63, 3.8) is 0 Å². The van der Waals surface area contributed by atoms with Gasteiger partial charge >= 0.3 is 0 Å². The van der Waals surface area contributed by atoms with Gasteiger partial charge in [-0.05, 0) is 108 Å². The number of benzene rings is 5. The highest BCUT2D eigenvalue weighted by Crippen LogP contribution is 2.34. The highest BCUT2D eigenvalue weighted by atomic mass is 16.3. The van der Waals surface area contributed by atoms with Crippen LogP contribution in [-0.4, -0.2) is 10.2 Å². The number of phenolic OH excluding ortho intramolecular Hbond substituents is 2. The van der Waals surface area contributed by atoms with Crippen LogP contribution in [0.2, 0.25) is 0 Å². The van der Waals surface area contributed by atoms with Gasteiger partial charge in [-0.2, -0.15) is 0 Å². The smallest absolute Gasteiger partial charge is 0.125 e. The minimum absolute atomic E-state index is 0.313. The third-order valence-electron chi connectivity index (χ3n) is 9.07. The number of hydrogen-bond donors (Lipinski definition) is 2. The number of nitrogens with zero attached hydrogens (tertiary/aromatic N) is 1. The standard InChI is InChI=1S/C44H47NO2/c1-7-36-18-13-19-37(8-2)42(36)45(28-34-24-32(5)43(46)40(26-34)22-20-38-16-11-9-14-30(38)3)29-35-25-33(6)44(47)41(27-35)23-21-39-17-12-10-15-31(39)4/h9-27,46-47H,7-8,28-29H2,1-6H3/b22-20+,23-21+. The van der Waals surface area contributed by atoms with Crippen molar-refractivity contribution in [3.8, 4) is 11.5 Å². The molecule has 0 unspecified atom stereocenters. The zero-order chi connectivity index (χ0) is 33.5. The van der Waals surface area contributed by atoms with E-state index in [1.165, 1.54) is 27.9 Å². The van der Waals surface area contributed by atoms with Crippen LogP contribution in [0.15, 0.2) is 91.0 Å². The van der Waals surface area contributed by atoms with Crippen LogP contribution in [0.5, 0.6) is 11.5 Å². The first-order chi connectivity index (χ1) is 22.7. The molecule has 5 aromatic carbocycles. The third kappa shape index (κ3) is 7.86. The molecule has 5 rings (SSSR count). The Morgan fingerprint density at radius 3 is 1.30 bits per heavy atom. The topological polar surface area (TPSA) is 43.7 Å². The van der Waals surface area contributed by atoms with Crippen LogP contribution < -0.4 is 4.90 Å². The lowest BCUT2D eigenvalue weighted by Gasteiger charge is -2.30. The van der Waals surface area contributed by atoms with E-state index in [0.717, 1.165) is 57.3 Å². The highest BCUT2D eigenvalue weighted by molar-refractivity contribution is 5.76. The van der Waals surface area contributed by atoms with E-state index in [2.05, 4.69) is 111 Å². The molecule has 0 atom stereocenters. The Morgan fingerprint density at radius 2 is 0.894 bits per heavy atom. The molecule has 0 aromatic heterocycles. The van der Waals surface area contributed by atoms with Gasteiger partial charge in [-0.3, -0.25) is 0 Å². The average Bonchev–Trinajstić information content (AvgIpc) is 3.07. The maximum Gasteiger partial charge on any atom is 0.125 e. The van der Waals surface area contributed by atoms with Gasteiger partial charge in [0.25, 0.3) is 0 Å². The van der Waals surface area contributed by atoms with Gasteiger partial charge in [-0.1, -0.05) is 117 Å². The predicted octanol–water partition coefficient (Wildman–Crippen LogP) is 11.0. The van der Waals surface area contributed by atoms with Crippen LogP contribution in [-0.2, 0) is 25.9 Å². The summed E-state index contributed by atoms with van der Waals surface area (Å²) in [5, 5.41) is 22.1. The molecule has 0 spiro atoms. The van der Waals surface area contributed by atoms with Crippen LogP contribution in [0.25, 0.3) is 24.3 Å². The second-order valence-electron chi connectivity index (χ2n) is 12.6. The number of para-hydroxylation sites is 1. The number of anilines is 1. The number of aromatic hydroxyl groups is 2. The molecule has 47 heavy (non-hydrogen) atoms. The maximum absolute atomic E-state index is 11.1. The number of rotatable bonds is 11. The van der Waals surface area contributed by atoms with E-state index >= 15 is 0 Å². The Labute approximate surface area is 281 Å². The molecule has 3 nitrogen and oxygen atoms in total. The molecule has 0 heterocycles. The monoisotopic (exact) mass is 621 g/mol. The van der Waals surface area contributed by atoms with Gasteiger partial charge in [0.1, 0.15) is 11.5 Å². The molecule has 240 valence electrons. The summed E-state index contributed by atoms with van der Waals surface area (Å²) >= 11 is 0. The van der Waals surface area contributed by atoms with Crippen LogP contribution in [0.1, 0.15) is 80.6 Å². The van der Waals surface area contributed by atoms with Crippen molar-refractivity contribution < 1.29 is 10.2 Å². The molecule has 2 N–H and O–H groups in total. The van der Waals surface area contributed by atoms with E-state index in [1.807, 2.05) is 50.3 Å². The molecule has 0 aliphatic rings. The quantitative estimate of drug-likeness (QED) is 0.144. The molecule has 5 aromatic rings. The van der Waals surface area contributed by atoms with Crippen molar-refractivity contribution in [1.82, 2.24) is 0 Å². The number of hydrogen-bond acceptors (Lipinski definition) is 3. The molecule has 0 saturated heterocycles. The summed E-state index contributed by atoms with van der Waals surface area (Å²) in [6.45, 7) is 13.9. The van der Waals surface area contributed by atoms with Gasteiger partial charge in [0, 0.05) is 29.9 Å². The Balaban J connectivity index is 1.56. The molecule has 0 fully saturated rings. The van der Waals surface area contributed by atoms with E-state index in [4.69, 9.17) is 0 Å². The number of phenols is 2. The SMILES string of the molecule is CCc1cccc(CC)c1N(Cc1cc(C)c(O)c(/C=C/c2ccccc2C)c1)Cc1cc(C)c(O)c(/C=C/c2ccccc2C)c1. The lowest BCUT2D eigenvalue weighted by molar-refractivity contribution is 0.469. The summed E-state index contributed by atoms with van der Waals surface area (Å²) in [5.41, 5.74) is 14.2. The zero-order valence-corrected chi connectivity index (χ0v) is 28.6. The van der Waals surface area contributed by atoms with Gasteiger partial charge < -0.3 is 15.1 Å². The first-order valence-electron chi connectivity index (χ1n) is 16.7. The minimum Gasteiger partial charge on any atom is -0.507 e. The minimum atomic E-state index is 0.313. The summed E-state index contributed by atoms with van der Waals surface area (Å²) in [6, 6.07) is 31.6. The summed E-state index contributed by atoms with van der Waals surface area (Å²) in [5.74, 6) is 0.625. The van der Waals surface area contributed by atoms with Crippen LogP contribution in [0, 0.1) is 27.7 Å². The van der Waals surface area contributed by atoms with Gasteiger partial charge in [0.15, 0.2) is 0 Å². The molecule has 3 heteroatoms. The summed E-state index contributed by atoms with van der Waals surface area (Å²) in [6.07, 6.45) is 10.1. The molecule has 0 saturated carbocycles. The Bertz CT molecular complexity index is 1800. The van der Waals surface area contributed by atoms with E-state index in [9.17, 15) is 10.2 Å². The number of aryl methyl sites for hydroxylation is 6. The summed E-state index contributed by atoms with van der Waals surface area (Å²) in [4.78, 5) is 2.47. The van der Waals surface area contributed by atoms with Crippen molar-refractivity contribution in [3.05, 3.63) is 158 Å². The second kappa shape index (κ2) is 15.0. The fourth-order valence-electron chi connectivity index (χ4n) is 6.39. The van der Waals surface area contributed by atoms with Crippen molar-refractivity contribution in [2.75, 3.05) is 4.90 Å². The lowest BCUT2D eigenvalue weighted by atomic mass is 9.98. The first kappa shape index (κ1) is 33.3. The molecule has 0 bridgehead atoms. The first-order valence-corrected chi connectivity index (χ1v) is 16.7. The van der Waals surface area contributed by atoms with Gasteiger partial charge in [0.05, 0.1) is 0 Å². The zero-order valence-electron chi connectivity index (χ0n) is 28.6. The molecule has 0 aliphatic carbocycles. The van der Waals surface area contributed by atoms with Crippen LogP contribution >= 0.6 is 0 Å². The van der Waals surface area contributed by atoms with E-state index < -0.39 is 0 Å². The van der Waals surface area contributed by atoms with Crippen molar-refractivity contribution in [2.24, 2.45) is 0 Å². The van der Waals surface area contributed by atoms with Crippen molar-refractivity contribution in [2.45, 2.75) is 67.5 Å². The normalized spacial score (nSPS) is 11.5. The summed E-state index contributed by atoms with van der Waals surface area (Å²) in [7, 11) is 0. The van der Waals surface area contributed by atoms with Crippen molar-refractivity contribution >= 4 is 30.0 Å². The van der Waals surface area contributed by atoms with Crippen LogP contribution in [0.4, 0.5) is 5.69 Å². The molecule has 0 amide bonds. The Morgan fingerprint density at radius 1 is 0.489 bits per heavy atom. The third-order valence-corrected chi connectivity index (χ3v) is 9.07. The second-order valence-corrected chi connectivity index (χ2v) is 12.6. The molecule has 0 radical (unpaired) electrons. The van der Waals surface area contributed by atoms with Crippen LogP contribution in [0.3, 0.4) is 0 Å². The van der Waals surface area contributed by atoms with E-state index in [0.29, 0.717) is 24.6 Å². The van der Waals surface area contributed by atoms with Gasteiger partial charge in [0.2, 0.25) is 0 Å². The molecular weight excluding hydrogens is 574 g/mol. The average molecular weight is 622 g/mol. The predicted molar refractivity (Wildman–Crippen MR) is 201 cm³/mol. The fourth-order valence-corrected chi connectivity index (χ4v) is 6.39. The maximum atomic E-state index is 11.1. The Hall–Kier alpha value is -5.02. The Kier molecular flexibility index (Phi) is 10.7. The van der Waals surface area contributed by atoms with E-state index in [-0.39, 0.29) is 0 Å². The van der Waals surface area contributed by atoms with Gasteiger partial charge in [-0.15, -0.1) is 0 Å². The van der Waals surface area contributed by atoms with Crippen molar-refractivity contribution in [1.29, 1.82) is 0 Å². The fraction of sp³-hybridized carbons (Fsp3) is 0.227. The largest absolute Gasteiger partial charge is 0.507 e. The highest BCUT2D eigenvalue weighted by Gasteiger charge is 2.18.